The lowest BCUT2D eigenvalue weighted by Crippen LogP contribution is -2.25. The van der Waals surface area contributed by atoms with E-state index in [0.29, 0.717) is 0 Å². The van der Waals surface area contributed by atoms with Crippen LogP contribution in [-0.4, -0.2) is 14.2 Å². The van der Waals surface area contributed by atoms with Crippen LogP contribution in [0.15, 0.2) is 48.5 Å². The third-order valence-electron chi connectivity index (χ3n) is 4.96. The molecule has 1 saturated carbocycles. The van der Waals surface area contributed by atoms with Gasteiger partial charge in [0.2, 0.25) is 0 Å². The Morgan fingerprint density at radius 1 is 0.773 bits per heavy atom. The first kappa shape index (κ1) is 15.0. The molecular weight excluding hydrogens is 272 g/mol. The molecule has 2 nitrogen and oxygen atoms in total. The van der Waals surface area contributed by atoms with E-state index in [1.807, 2.05) is 0 Å². The number of rotatable bonds is 5. The monoisotopic (exact) mass is 296 g/mol. The van der Waals surface area contributed by atoms with Crippen LogP contribution in [0.4, 0.5) is 0 Å². The van der Waals surface area contributed by atoms with Crippen molar-refractivity contribution >= 4 is 0 Å². The van der Waals surface area contributed by atoms with Crippen LogP contribution in [0.2, 0.25) is 0 Å². The van der Waals surface area contributed by atoms with Crippen LogP contribution in [0.1, 0.15) is 36.8 Å². The Morgan fingerprint density at radius 2 is 1.27 bits per heavy atom. The van der Waals surface area contributed by atoms with E-state index < -0.39 is 0 Å². The normalized spacial score (nSPS) is 16.5. The summed E-state index contributed by atoms with van der Waals surface area (Å²) in [5.41, 5.74) is 3.11. The minimum absolute atomic E-state index is 0.279. The lowest BCUT2D eigenvalue weighted by molar-refractivity contribution is 0.410. The minimum atomic E-state index is 0.279. The van der Waals surface area contributed by atoms with Crippen LogP contribution < -0.4 is 9.47 Å². The van der Waals surface area contributed by atoms with Crippen LogP contribution in [0.25, 0.3) is 0 Å². The number of hydrogen-bond donors (Lipinski definition) is 0. The third kappa shape index (κ3) is 2.96. The van der Waals surface area contributed by atoms with Crippen molar-refractivity contribution in [1.82, 2.24) is 0 Å². The van der Waals surface area contributed by atoms with Gasteiger partial charge in [0, 0.05) is 0 Å². The zero-order chi connectivity index (χ0) is 15.4. The Hall–Kier alpha value is -1.96. The molecule has 0 N–H and O–H groups in total. The summed E-state index contributed by atoms with van der Waals surface area (Å²) >= 11 is 0. The number of hydrogen-bond acceptors (Lipinski definition) is 2. The highest BCUT2D eigenvalue weighted by Gasteiger charge is 2.35. The highest BCUT2D eigenvalue weighted by Crippen LogP contribution is 2.44. The molecule has 3 rings (SSSR count). The Kier molecular flexibility index (Phi) is 4.37. The number of benzene rings is 2. The van der Waals surface area contributed by atoms with Gasteiger partial charge in [-0.05, 0) is 60.1 Å². The summed E-state index contributed by atoms with van der Waals surface area (Å²) in [6.07, 6.45) is 6.28. The van der Waals surface area contributed by atoms with Gasteiger partial charge in [0.15, 0.2) is 0 Å². The average molecular weight is 296 g/mol. The van der Waals surface area contributed by atoms with Gasteiger partial charge in [-0.25, -0.2) is 0 Å². The predicted molar refractivity (Wildman–Crippen MR) is 89.8 cm³/mol. The van der Waals surface area contributed by atoms with E-state index in [-0.39, 0.29) is 5.41 Å². The SMILES string of the molecule is COc1ccc(CC2(c3ccc(OC)cc3)CCCC2)cc1. The Balaban J connectivity index is 1.86. The van der Waals surface area contributed by atoms with Crippen molar-refractivity contribution in [3.63, 3.8) is 0 Å². The van der Waals surface area contributed by atoms with Crippen molar-refractivity contribution in [2.45, 2.75) is 37.5 Å². The van der Waals surface area contributed by atoms with Crippen LogP contribution in [-0.2, 0) is 11.8 Å². The van der Waals surface area contributed by atoms with Gasteiger partial charge in [-0.1, -0.05) is 37.1 Å². The van der Waals surface area contributed by atoms with Crippen molar-refractivity contribution in [3.8, 4) is 11.5 Å². The lowest BCUT2D eigenvalue weighted by Gasteiger charge is -2.30. The molecule has 0 spiro atoms. The van der Waals surface area contributed by atoms with Crippen LogP contribution in [0, 0.1) is 0 Å². The molecule has 0 amide bonds. The molecule has 0 atom stereocenters. The summed E-state index contributed by atoms with van der Waals surface area (Å²) < 4.78 is 10.6. The van der Waals surface area contributed by atoms with Crippen LogP contribution in [0.5, 0.6) is 11.5 Å². The molecule has 2 aromatic carbocycles. The molecule has 0 unspecified atom stereocenters. The molecule has 116 valence electrons. The second-order valence-corrected chi connectivity index (χ2v) is 6.24. The fourth-order valence-corrected chi connectivity index (χ4v) is 3.70. The lowest BCUT2D eigenvalue weighted by atomic mass is 9.74. The van der Waals surface area contributed by atoms with Crippen LogP contribution >= 0.6 is 0 Å². The van der Waals surface area contributed by atoms with Crippen molar-refractivity contribution < 1.29 is 9.47 Å². The van der Waals surface area contributed by atoms with Crippen molar-refractivity contribution in [3.05, 3.63) is 59.7 Å². The van der Waals surface area contributed by atoms with Gasteiger partial charge >= 0.3 is 0 Å². The van der Waals surface area contributed by atoms with Gasteiger partial charge in [0.1, 0.15) is 11.5 Å². The second-order valence-electron chi connectivity index (χ2n) is 6.24. The van der Waals surface area contributed by atoms with E-state index in [1.54, 1.807) is 14.2 Å². The van der Waals surface area contributed by atoms with Gasteiger partial charge in [-0.15, -0.1) is 0 Å². The van der Waals surface area contributed by atoms with Gasteiger partial charge < -0.3 is 9.47 Å². The summed E-state index contributed by atoms with van der Waals surface area (Å²) in [5.74, 6) is 1.86. The Morgan fingerprint density at radius 3 is 1.77 bits per heavy atom. The van der Waals surface area contributed by atoms with E-state index in [9.17, 15) is 0 Å². The summed E-state index contributed by atoms with van der Waals surface area (Å²) in [6, 6.07) is 17.2. The van der Waals surface area contributed by atoms with Gasteiger partial charge in [-0.3, -0.25) is 0 Å². The average Bonchev–Trinajstić information content (AvgIpc) is 3.05. The molecule has 1 fully saturated rings. The molecule has 2 aromatic rings. The van der Waals surface area contributed by atoms with Gasteiger partial charge in [0.05, 0.1) is 14.2 Å². The number of methoxy groups -OCH3 is 2. The first-order chi connectivity index (χ1) is 10.8. The summed E-state index contributed by atoms with van der Waals surface area (Å²) in [6.45, 7) is 0. The van der Waals surface area contributed by atoms with Gasteiger partial charge in [-0.2, -0.15) is 0 Å². The first-order valence-electron chi connectivity index (χ1n) is 8.03. The molecule has 0 bridgehead atoms. The van der Waals surface area contributed by atoms with E-state index in [1.165, 1.54) is 36.8 Å². The predicted octanol–water partition coefficient (Wildman–Crippen LogP) is 4.76. The van der Waals surface area contributed by atoms with E-state index >= 15 is 0 Å². The molecule has 0 radical (unpaired) electrons. The zero-order valence-electron chi connectivity index (χ0n) is 13.5. The van der Waals surface area contributed by atoms with E-state index in [0.717, 1.165) is 17.9 Å². The molecule has 1 aliphatic rings. The summed E-state index contributed by atoms with van der Waals surface area (Å²) in [5, 5.41) is 0. The Labute approximate surface area is 133 Å². The second kappa shape index (κ2) is 6.43. The van der Waals surface area contributed by atoms with Crippen molar-refractivity contribution in [1.29, 1.82) is 0 Å². The summed E-state index contributed by atoms with van der Waals surface area (Å²) in [4.78, 5) is 0. The zero-order valence-corrected chi connectivity index (χ0v) is 13.5. The van der Waals surface area contributed by atoms with E-state index in [2.05, 4.69) is 48.5 Å². The van der Waals surface area contributed by atoms with Crippen molar-refractivity contribution in [2.24, 2.45) is 0 Å². The molecule has 1 aliphatic carbocycles. The minimum Gasteiger partial charge on any atom is -0.497 e. The maximum absolute atomic E-state index is 5.29. The smallest absolute Gasteiger partial charge is 0.118 e. The van der Waals surface area contributed by atoms with E-state index in [4.69, 9.17) is 9.47 Å². The Bertz CT molecular complexity index is 593. The molecule has 0 aromatic heterocycles. The maximum atomic E-state index is 5.29. The quantitative estimate of drug-likeness (QED) is 0.792. The highest BCUT2D eigenvalue weighted by molar-refractivity contribution is 5.36. The third-order valence-corrected chi connectivity index (χ3v) is 4.96. The topological polar surface area (TPSA) is 18.5 Å². The highest BCUT2D eigenvalue weighted by atomic mass is 16.5. The largest absolute Gasteiger partial charge is 0.497 e. The van der Waals surface area contributed by atoms with Crippen molar-refractivity contribution in [2.75, 3.05) is 14.2 Å². The first-order valence-corrected chi connectivity index (χ1v) is 8.03. The summed E-state index contributed by atoms with van der Waals surface area (Å²) in [7, 11) is 3.43. The van der Waals surface area contributed by atoms with Crippen LogP contribution in [0.3, 0.4) is 0 Å². The molecule has 0 heterocycles. The molecular formula is C20H24O2. The molecule has 0 saturated heterocycles. The fraction of sp³-hybridized carbons (Fsp3) is 0.400. The van der Waals surface area contributed by atoms with Gasteiger partial charge in [0.25, 0.3) is 0 Å². The maximum Gasteiger partial charge on any atom is 0.118 e. The molecule has 22 heavy (non-hydrogen) atoms. The molecule has 0 aliphatic heterocycles. The number of ether oxygens (including phenoxy) is 2. The standard InChI is InChI=1S/C20H24O2/c1-21-18-9-5-16(6-10-18)15-20(13-3-4-14-20)17-7-11-19(22-2)12-8-17/h5-12H,3-4,13-15H2,1-2H3. The fourth-order valence-electron chi connectivity index (χ4n) is 3.70. The molecule has 2 heteroatoms.